The highest BCUT2D eigenvalue weighted by Gasteiger charge is 2.17. The van der Waals surface area contributed by atoms with Crippen LogP contribution in [0.2, 0.25) is 5.02 Å². The van der Waals surface area contributed by atoms with E-state index < -0.39 is 9.84 Å². The van der Waals surface area contributed by atoms with Gasteiger partial charge >= 0.3 is 0 Å². The van der Waals surface area contributed by atoms with E-state index >= 15 is 0 Å². The Morgan fingerprint density at radius 2 is 1.83 bits per heavy atom. The summed E-state index contributed by atoms with van der Waals surface area (Å²) in [7, 11) is -3.42. The fraction of sp³-hybridized carbons (Fsp3) is 0.118. The van der Waals surface area contributed by atoms with Crippen LogP contribution in [-0.4, -0.2) is 13.4 Å². The van der Waals surface area contributed by atoms with Crippen LogP contribution in [0.25, 0.3) is 11.5 Å². The molecule has 1 heterocycles. The van der Waals surface area contributed by atoms with Crippen molar-refractivity contribution in [3.63, 3.8) is 0 Å². The molecule has 0 saturated carbocycles. The summed E-state index contributed by atoms with van der Waals surface area (Å²) in [6.45, 7) is 0. The molecule has 0 N–H and O–H groups in total. The third kappa shape index (κ3) is 4.21. The molecule has 0 radical (unpaired) electrons. The first-order chi connectivity index (χ1) is 11.4. The SMILES string of the molecule is O=S(=O)(Cc1cccc(Cl)c1)Cc1coc(-c2ccc(F)cc2)n1. The summed E-state index contributed by atoms with van der Waals surface area (Å²) in [5.41, 5.74) is 1.50. The minimum absolute atomic E-state index is 0.133. The zero-order chi connectivity index (χ0) is 17.2. The minimum atomic E-state index is -3.42. The summed E-state index contributed by atoms with van der Waals surface area (Å²) in [4.78, 5) is 4.16. The lowest BCUT2D eigenvalue weighted by Gasteiger charge is -2.03. The average Bonchev–Trinajstić information content (AvgIpc) is 2.95. The number of hydrogen-bond donors (Lipinski definition) is 0. The zero-order valence-electron chi connectivity index (χ0n) is 12.4. The molecule has 3 rings (SSSR count). The van der Waals surface area contributed by atoms with Gasteiger partial charge in [-0.05, 0) is 42.0 Å². The van der Waals surface area contributed by atoms with Gasteiger partial charge in [0.05, 0.1) is 17.2 Å². The number of aromatic nitrogens is 1. The van der Waals surface area contributed by atoms with E-state index in [0.717, 1.165) is 0 Å². The van der Waals surface area contributed by atoms with Crippen molar-refractivity contribution < 1.29 is 17.2 Å². The first kappa shape index (κ1) is 16.7. The Morgan fingerprint density at radius 1 is 1.08 bits per heavy atom. The molecule has 0 atom stereocenters. The molecule has 0 aliphatic carbocycles. The second-order valence-electron chi connectivity index (χ2n) is 5.31. The lowest BCUT2D eigenvalue weighted by atomic mass is 10.2. The molecule has 124 valence electrons. The van der Waals surface area contributed by atoms with Crippen LogP contribution < -0.4 is 0 Å². The molecular weight excluding hydrogens is 353 g/mol. The molecule has 0 fully saturated rings. The Morgan fingerprint density at radius 3 is 2.54 bits per heavy atom. The number of hydrogen-bond acceptors (Lipinski definition) is 4. The minimum Gasteiger partial charge on any atom is -0.444 e. The number of oxazole rings is 1. The van der Waals surface area contributed by atoms with Gasteiger partial charge in [-0.25, -0.2) is 17.8 Å². The molecule has 24 heavy (non-hydrogen) atoms. The lowest BCUT2D eigenvalue weighted by Crippen LogP contribution is -2.08. The Labute approximate surface area is 143 Å². The molecule has 0 bridgehead atoms. The summed E-state index contributed by atoms with van der Waals surface area (Å²) in [6.07, 6.45) is 1.30. The number of rotatable bonds is 5. The van der Waals surface area contributed by atoms with Crippen molar-refractivity contribution in [1.29, 1.82) is 0 Å². The molecule has 0 aliphatic rings. The fourth-order valence-electron chi connectivity index (χ4n) is 2.26. The van der Waals surface area contributed by atoms with Gasteiger partial charge in [-0.1, -0.05) is 23.7 Å². The van der Waals surface area contributed by atoms with E-state index in [2.05, 4.69) is 4.98 Å². The van der Waals surface area contributed by atoms with E-state index in [0.29, 0.717) is 21.8 Å². The predicted octanol–water partition coefficient (Wildman–Crippen LogP) is 4.25. The van der Waals surface area contributed by atoms with Crippen molar-refractivity contribution in [2.45, 2.75) is 11.5 Å². The number of benzene rings is 2. The maximum atomic E-state index is 12.9. The molecule has 0 unspecified atom stereocenters. The third-order valence-corrected chi connectivity index (χ3v) is 5.03. The van der Waals surface area contributed by atoms with Gasteiger partial charge in [-0.2, -0.15) is 0 Å². The van der Waals surface area contributed by atoms with Crippen molar-refractivity contribution in [2.75, 3.05) is 0 Å². The van der Waals surface area contributed by atoms with Gasteiger partial charge in [0.25, 0.3) is 0 Å². The summed E-state index contributed by atoms with van der Waals surface area (Å²) in [6, 6.07) is 12.3. The Hall–Kier alpha value is -2.18. The standard InChI is InChI=1S/C17H13ClFNO3S/c18-14-3-1-2-12(8-14)10-24(21,22)11-16-9-23-17(20-16)13-4-6-15(19)7-5-13/h1-9H,10-11H2. The quantitative estimate of drug-likeness (QED) is 0.678. The molecule has 0 spiro atoms. The fourth-order valence-corrected chi connectivity index (χ4v) is 3.84. The highest BCUT2D eigenvalue weighted by Crippen LogP contribution is 2.21. The Balaban J connectivity index is 1.75. The second kappa shape index (κ2) is 6.75. The van der Waals surface area contributed by atoms with E-state index in [1.807, 2.05) is 0 Å². The van der Waals surface area contributed by atoms with Gasteiger partial charge in [0.1, 0.15) is 12.1 Å². The summed E-state index contributed by atoms with van der Waals surface area (Å²) >= 11 is 5.87. The van der Waals surface area contributed by atoms with Crippen LogP contribution in [0.1, 0.15) is 11.3 Å². The van der Waals surface area contributed by atoms with Gasteiger partial charge in [0, 0.05) is 10.6 Å². The van der Waals surface area contributed by atoms with Gasteiger partial charge in [-0.15, -0.1) is 0 Å². The maximum Gasteiger partial charge on any atom is 0.226 e. The van der Waals surface area contributed by atoms with E-state index in [-0.39, 0.29) is 23.2 Å². The van der Waals surface area contributed by atoms with Crippen LogP contribution in [0.3, 0.4) is 0 Å². The largest absolute Gasteiger partial charge is 0.444 e. The van der Waals surface area contributed by atoms with E-state index in [4.69, 9.17) is 16.0 Å². The first-order valence-corrected chi connectivity index (χ1v) is 9.26. The molecule has 2 aromatic carbocycles. The van der Waals surface area contributed by atoms with Crippen LogP contribution >= 0.6 is 11.6 Å². The van der Waals surface area contributed by atoms with Gasteiger partial charge in [-0.3, -0.25) is 0 Å². The van der Waals surface area contributed by atoms with Crippen molar-refractivity contribution in [3.05, 3.63) is 76.9 Å². The number of sulfone groups is 1. The first-order valence-electron chi connectivity index (χ1n) is 7.06. The van der Waals surface area contributed by atoms with Crippen LogP contribution in [-0.2, 0) is 21.3 Å². The van der Waals surface area contributed by atoms with Gasteiger partial charge < -0.3 is 4.42 Å². The Bertz CT molecular complexity index is 952. The van der Waals surface area contributed by atoms with Crippen LogP contribution in [0.15, 0.2) is 59.2 Å². The van der Waals surface area contributed by atoms with Gasteiger partial charge in [0.2, 0.25) is 5.89 Å². The van der Waals surface area contributed by atoms with Crippen LogP contribution in [0.5, 0.6) is 0 Å². The van der Waals surface area contributed by atoms with Crippen LogP contribution in [0.4, 0.5) is 4.39 Å². The normalized spacial score (nSPS) is 11.6. The van der Waals surface area contributed by atoms with Crippen molar-refractivity contribution in [3.8, 4) is 11.5 Å². The highest BCUT2D eigenvalue weighted by molar-refractivity contribution is 7.89. The van der Waals surface area contributed by atoms with E-state index in [9.17, 15) is 12.8 Å². The molecule has 3 aromatic rings. The van der Waals surface area contributed by atoms with E-state index in [1.165, 1.54) is 30.5 Å². The van der Waals surface area contributed by atoms with Gasteiger partial charge in [0.15, 0.2) is 9.84 Å². The molecular formula is C17H13ClFNO3S. The third-order valence-electron chi connectivity index (χ3n) is 3.29. The molecule has 7 heteroatoms. The van der Waals surface area contributed by atoms with Crippen molar-refractivity contribution in [1.82, 2.24) is 4.98 Å². The maximum absolute atomic E-state index is 12.9. The molecule has 0 aliphatic heterocycles. The summed E-state index contributed by atoms with van der Waals surface area (Å²) < 4.78 is 42.8. The average molecular weight is 366 g/mol. The Kier molecular flexibility index (Phi) is 4.69. The summed E-state index contributed by atoms with van der Waals surface area (Å²) in [5, 5.41) is 0.489. The van der Waals surface area contributed by atoms with Crippen LogP contribution in [0, 0.1) is 5.82 Å². The molecule has 0 amide bonds. The second-order valence-corrected chi connectivity index (χ2v) is 7.81. The van der Waals surface area contributed by atoms with E-state index in [1.54, 1.807) is 24.3 Å². The topological polar surface area (TPSA) is 60.2 Å². The zero-order valence-corrected chi connectivity index (χ0v) is 14.0. The monoisotopic (exact) mass is 365 g/mol. The predicted molar refractivity (Wildman–Crippen MR) is 89.7 cm³/mol. The molecule has 1 aromatic heterocycles. The molecule has 4 nitrogen and oxygen atoms in total. The number of nitrogens with zero attached hydrogens (tertiary/aromatic N) is 1. The number of halogens is 2. The lowest BCUT2D eigenvalue weighted by molar-refractivity contribution is 0.571. The highest BCUT2D eigenvalue weighted by atomic mass is 35.5. The molecule has 0 saturated heterocycles. The van der Waals surface area contributed by atoms with Crippen molar-refractivity contribution >= 4 is 21.4 Å². The summed E-state index contributed by atoms with van der Waals surface area (Å²) in [5.74, 6) is -0.492. The smallest absolute Gasteiger partial charge is 0.226 e. The van der Waals surface area contributed by atoms with Crippen molar-refractivity contribution in [2.24, 2.45) is 0 Å².